The van der Waals surface area contributed by atoms with Crippen molar-refractivity contribution in [1.82, 2.24) is 10.2 Å². The SMILES string of the molecule is CC[C@H](C)NC(=O)[C@@H](C)N(Cc1ccccc1F)C(=O)Cc1ccc(F)cc1. The van der Waals surface area contributed by atoms with Crippen LogP contribution in [0.1, 0.15) is 38.3 Å². The van der Waals surface area contributed by atoms with E-state index >= 15 is 0 Å². The maximum absolute atomic E-state index is 14.1. The Balaban J connectivity index is 2.23. The highest BCUT2D eigenvalue weighted by atomic mass is 19.1. The number of carbonyl (C=O) groups is 2. The Bertz CT molecular complexity index is 808. The second-order valence-corrected chi connectivity index (χ2v) is 6.91. The van der Waals surface area contributed by atoms with Crippen molar-refractivity contribution < 1.29 is 18.4 Å². The Labute approximate surface area is 164 Å². The molecule has 2 aromatic carbocycles. The lowest BCUT2D eigenvalue weighted by molar-refractivity contribution is -0.140. The van der Waals surface area contributed by atoms with Crippen molar-refractivity contribution in [2.75, 3.05) is 0 Å². The number of rotatable bonds is 8. The van der Waals surface area contributed by atoms with Gasteiger partial charge in [0.25, 0.3) is 0 Å². The molecular weight excluding hydrogens is 362 g/mol. The van der Waals surface area contributed by atoms with Gasteiger partial charge in [-0.25, -0.2) is 8.78 Å². The van der Waals surface area contributed by atoms with E-state index < -0.39 is 11.9 Å². The van der Waals surface area contributed by atoms with Gasteiger partial charge in [0, 0.05) is 18.2 Å². The summed E-state index contributed by atoms with van der Waals surface area (Å²) in [5.74, 6) is -1.45. The molecular formula is C22H26F2N2O2. The highest BCUT2D eigenvalue weighted by Gasteiger charge is 2.27. The van der Waals surface area contributed by atoms with Crippen molar-refractivity contribution in [3.8, 4) is 0 Å². The average molecular weight is 388 g/mol. The van der Waals surface area contributed by atoms with Gasteiger partial charge in [0.05, 0.1) is 6.42 Å². The third-order valence-corrected chi connectivity index (χ3v) is 4.74. The highest BCUT2D eigenvalue weighted by molar-refractivity contribution is 5.88. The largest absolute Gasteiger partial charge is 0.352 e. The summed E-state index contributed by atoms with van der Waals surface area (Å²) in [5.41, 5.74) is 0.956. The number of hydrogen-bond acceptors (Lipinski definition) is 2. The van der Waals surface area contributed by atoms with Crippen molar-refractivity contribution in [1.29, 1.82) is 0 Å². The summed E-state index contributed by atoms with van der Waals surface area (Å²) < 4.78 is 27.2. The van der Waals surface area contributed by atoms with Gasteiger partial charge < -0.3 is 10.2 Å². The fourth-order valence-corrected chi connectivity index (χ4v) is 2.74. The Kier molecular flexibility index (Phi) is 7.67. The van der Waals surface area contributed by atoms with Crippen LogP contribution < -0.4 is 5.32 Å². The van der Waals surface area contributed by atoms with E-state index in [2.05, 4.69) is 5.32 Å². The Morgan fingerprint density at radius 1 is 1.04 bits per heavy atom. The second kappa shape index (κ2) is 9.97. The molecule has 2 amide bonds. The number of nitrogens with one attached hydrogen (secondary N) is 1. The lowest BCUT2D eigenvalue weighted by atomic mass is 10.1. The minimum Gasteiger partial charge on any atom is -0.352 e. The molecule has 2 rings (SSSR count). The molecule has 0 radical (unpaired) electrons. The third kappa shape index (κ3) is 5.87. The number of hydrogen-bond donors (Lipinski definition) is 1. The fourth-order valence-electron chi connectivity index (χ4n) is 2.74. The Hall–Kier alpha value is -2.76. The molecule has 0 aliphatic heterocycles. The van der Waals surface area contributed by atoms with E-state index in [0.29, 0.717) is 11.1 Å². The van der Waals surface area contributed by atoms with Crippen LogP contribution in [0.15, 0.2) is 48.5 Å². The molecule has 1 N–H and O–H groups in total. The Morgan fingerprint density at radius 2 is 1.68 bits per heavy atom. The molecule has 0 aromatic heterocycles. The molecule has 6 heteroatoms. The van der Waals surface area contributed by atoms with E-state index in [-0.39, 0.29) is 36.6 Å². The van der Waals surface area contributed by atoms with Crippen molar-refractivity contribution in [3.05, 3.63) is 71.3 Å². The zero-order valence-electron chi connectivity index (χ0n) is 16.4. The number of amides is 2. The summed E-state index contributed by atoms with van der Waals surface area (Å²) in [4.78, 5) is 26.9. The minimum atomic E-state index is -0.776. The van der Waals surface area contributed by atoms with Gasteiger partial charge >= 0.3 is 0 Å². The molecule has 2 atom stereocenters. The van der Waals surface area contributed by atoms with Gasteiger partial charge in [-0.15, -0.1) is 0 Å². The lowest BCUT2D eigenvalue weighted by Crippen LogP contribution is -2.50. The van der Waals surface area contributed by atoms with Crippen molar-refractivity contribution in [2.24, 2.45) is 0 Å². The maximum atomic E-state index is 14.1. The summed E-state index contributed by atoms with van der Waals surface area (Å²) >= 11 is 0. The van der Waals surface area contributed by atoms with Gasteiger partial charge in [0.2, 0.25) is 11.8 Å². The lowest BCUT2D eigenvalue weighted by Gasteiger charge is -2.30. The van der Waals surface area contributed by atoms with E-state index in [4.69, 9.17) is 0 Å². The first-order valence-electron chi connectivity index (χ1n) is 9.39. The van der Waals surface area contributed by atoms with Crippen molar-refractivity contribution in [2.45, 2.75) is 52.2 Å². The molecule has 0 unspecified atom stereocenters. The molecule has 150 valence electrons. The predicted molar refractivity (Wildman–Crippen MR) is 104 cm³/mol. The van der Waals surface area contributed by atoms with E-state index in [9.17, 15) is 18.4 Å². The Morgan fingerprint density at radius 3 is 2.29 bits per heavy atom. The van der Waals surface area contributed by atoms with Gasteiger partial charge in [-0.2, -0.15) is 0 Å². The van der Waals surface area contributed by atoms with Crippen LogP contribution in [0.4, 0.5) is 8.78 Å². The fraction of sp³-hybridized carbons (Fsp3) is 0.364. The van der Waals surface area contributed by atoms with Crippen LogP contribution in [0.3, 0.4) is 0 Å². The monoisotopic (exact) mass is 388 g/mol. The topological polar surface area (TPSA) is 49.4 Å². The zero-order valence-corrected chi connectivity index (χ0v) is 16.4. The number of nitrogens with zero attached hydrogens (tertiary/aromatic N) is 1. The molecule has 0 saturated heterocycles. The average Bonchev–Trinajstić information content (AvgIpc) is 2.68. The number of benzene rings is 2. The summed E-state index contributed by atoms with van der Waals surface area (Å²) in [6, 6.07) is 11.0. The zero-order chi connectivity index (χ0) is 20.7. The molecule has 0 bridgehead atoms. The van der Waals surface area contributed by atoms with E-state index in [1.54, 1.807) is 25.1 Å². The van der Waals surface area contributed by atoms with Crippen LogP contribution >= 0.6 is 0 Å². The molecule has 0 heterocycles. The third-order valence-electron chi connectivity index (χ3n) is 4.74. The summed E-state index contributed by atoms with van der Waals surface area (Å²) in [6.07, 6.45) is 0.755. The second-order valence-electron chi connectivity index (χ2n) is 6.91. The molecule has 0 fully saturated rings. The van der Waals surface area contributed by atoms with Crippen LogP contribution in [0.2, 0.25) is 0 Å². The van der Waals surface area contributed by atoms with Gasteiger partial charge in [0.15, 0.2) is 0 Å². The van der Waals surface area contributed by atoms with E-state index in [1.165, 1.54) is 35.2 Å². The standard InChI is InChI=1S/C22H26F2N2O2/c1-4-15(2)25-22(28)16(3)26(14-18-7-5-6-8-20(18)24)21(27)13-17-9-11-19(23)12-10-17/h5-12,15-16H,4,13-14H2,1-3H3,(H,25,28)/t15-,16+/m0/s1. The molecule has 2 aromatic rings. The number of carbonyl (C=O) groups excluding carboxylic acids is 2. The maximum Gasteiger partial charge on any atom is 0.242 e. The van der Waals surface area contributed by atoms with Crippen molar-refractivity contribution in [3.63, 3.8) is 0 Å². The van der Waals surface area contributed by atoms with Crippen LogP contribution in [-0.2, 0) is 22.6 Å². The summed E-state index contributed by atoms with van der Waals surface area (Å²) in [5, 5.41) is 2.86. The van der Waals surface area contributed by atoms with E-state index in [0.717, 1.165) is 6.42 Å². The quantitative estimate of drug-likeness (QED) is 0.747. The molecule has 4 nitrogen and oxygen atoms in total. The molecule has 0 saturated carbocycles. The smallest absolute Gasteiger partial charge is 0.242 e. The molecule has 0 aliphatic rings. The van der Waals surface area contributed by atoms with Gasteiger partial charge in [0.1, 0.15) is 17.7 Å². The molecule has 0 aliphatic carbocycles. The van der Waals surface area contributed by atoms with Crippen LogP contribution in [0, 0.1) is 11.6 Å². The van der Waals surface area contributed by atoms with Gasteiger partial charge in [-0.3, -0.25) is 9.59 Å². The number of halogens is 2. The predicted octanol–water partition coefficient (Wildman–Crippen LogP) is 3.84. The summed E-state index contributed by atoms with van der Waals surface area (Å²) in [7, 11) is 0. The normalized spacial score (nSPS) is 12.9. The van der Waals surface area contributed by atoms with Crippen molar-refractivity contribution >= 4 is 11.8 Å². The highest BCUT2D eigenvalue weighted by Crippen LogP contribution is 2.15. The molecule has 0 spiro atoms. The first-order chi connectivity index (χ1) is 13.3. The van der Waals surface area contributed by atoms with E-state index in [1.807, 2.05) is 13.8 Å². The van der Waals surface area contributed by atoms with Crippen LogP contribution in [-0.4, -0.2) is 28.8 Å². The van der Waals surface area contributed by atoms with Crippen LogP contribution in [0.5, 0.6) is 0 Å². The minimum absolute atomic E-state index is 0.00428. The molecule has 28 heavy (non-hydrogen) atoms. The van der Waals surface area contributed by atoms with Gasteiger partial charge in [-0.05, 0) is 44.0 Å². The van der Waals surface area contributed by atoms with Crippen LogP contribution in [0.25, 0.3) is 0 Å². The first-order valence-corrected chi connectivity index (χ1v) is 9.39. The first kappa shape index (κ1) is 21.5. The summed E-state index contributed by atoms with van der Waals surface area (Å²) in [6.45, 7) is 5.43. The van der Waals surface area contributed by atoms with Gasteiger partial charge in [-0.1, -0.05) is 37.3 Å².